The van der Waals surface area contributed by atoms with Crippen molar-refractivity contribution < 1.29 is 9.53 Å². The Hall–Kier alpha value is -3.14. The highest BCUT2D eigenvalue weighted by Crippen LogP contribution is 2.30. The number of carbonyl (C=O) groups is 1. The van der Waals surface area contributed by atoms with Crippen molar-refractivity contribution in [1.82, 2.24) is 0 Å². The third-order valence-corrected chi connectivity index (χ3v) is 3.52. The summed E-state index contributed by atoms with van der Waals surface area (Å²) in [5.41, 5.74) is 4.70. The van der Waals surface area contributed by atoms with Gasteiger partial charge in [0.15, 0.2) is 0 Å². The van der Waals surface area contributed by atoms with Gasteiger partial charge < -0.3 is 10.1 Å². The van der Waals surface area contributed by atoms with Gasteiger partial charge in [0.1, 0.15) is 0 Å². The first-order valence-electron chi connectivity index (χ1n) is 7.49. The highest BCUT2D eigenvalue weighted by molar-refractivity contribution is 5.86. The Morgan fingerprint density at radius 2 is 2.00 bits per heavy atom. The summed E-state index contributed by atoms with van der Waals surface area (Å²) in [6.45, 7) is 8.07. The van der Waals surface area contributed by atoms with Gasteiger partial charge in [-0.25, -0.2) is 4.79 Å². The first kappa shape index (κ1) is 17.2. The number of nitrogens with zero attached hydrogens (tertiary/aromatic N) is 1. The molecule has 0 aliphatic heterocycles. The van der Waals surface area contributed by atoms with Crippen LogP contribution in [0.25, 0.3) is 12.2 Å². The van der Waals surface area contributed by atoms with Crippen molar-refractivity contribution in [3.8, 4) is 0 Å². The molecule has 1 N–H and O–H groups in total. The lowest BCUT2D eigenvalue weighted by molar-refractivity contribution is -0.134. The molecular weight excluding hydrogens is 300 g/mol. The van der Waals surface area contributed by atoms with Crippen molar-refractivity contribution in [1.29, 1.82) is 0 Å². The van der Waals surface area contributed by atoms with E-state index in [4.69, 9.17) is 0 Å². The number of carbonyl (C=O) groups excluding carboxylic acids is 1. The highest BCUT2D eigenvalue weighted by atomic mass is 16.5. The summed E-state index contributed by atoms with van der Waals surface area (Å²) in [7, 11) is 1.36. The minimum atomic E-state index is -0.368. The van der Waals surface area contributed by atoms with Crippen LogP contribution in [0, 0.1) is 0 Å². The zero-order chi connectivity index (χ0) is 17.4. The standard InChI is InChI=1S/C20H20N2O2/c1-4-17-6-5-7-18(20(17)21-2)22-14-16-10-8-15(9-11-16)12-13-19(23)24-3/h4-13,22H,1-2,14H2,3H3/b13-12+. The van der Waals surface area contributed by atoms with Gasteiger partial charge in [0.05, 0.1) is 18.5 Å². The molecule has 0 atom stereocenters. The van der Waals surface area contributed by atoms with Crippen LogP contribution in [-0.4, -0.2) is 19.8 Å². The summed E-state index contributed by atoms with van der Waals surface area (Å²) in [6.07, 6.45) is 4.88. The molecule has 2 aromatic carbocycles. The Balaban J connectivity index is 2.05. The predicted octanol–water partition coefficient (Wildman–Crippen LogP) is 4.46. The van der Waals surface area contributed by atoms with Gasteiger partial charge in [0.25, 0.3) is 0 Å². The minimum Gasteiger partial charge on any atom is -0.466 e. The van der Waals surface area contributed by atoms with Crippen molar-refractivity contribution in [2.24, 2.45) is 4.99 Å². The van der Waals surface area contributed by atoms with E-state index in [-0.39, 0.29) is 5.97 Å². The molecule has 0 spiro atoms. The number of hydrogen-bond acceptors (Lipinski definition) is 4. The van der Waals surface area contributed by atoms with Crippen LogP contribution in [0.15, 0.2) is 60.1 Å². The molecule has 0 heterocycles. The zero-order valence-electron chi connectivity index (χ0n) is 13.7. The van der Waals surface area contributed by atoms with Crippen molar-refractivity contribution >= 4 is 36.2 Å². The molecule has 2 aromatic rings. The molecule has 0 saturated heterocycles. The maximum atomic E-state index is 11.1. The summed E-state index contributed by atoms with van der Waals surface area (Å²) in [5, 5.41) is 3.36. The minimum absolute atomic E-state index is 0.368. The van der Waals surface area contributed by atoms with Gasteiger partial charge in [0.2, 0.25) is 0 Å². The van der Waals surface area contributed by atoms with Crippen molar-refractivity contribution in [3.05, 3.63) is 71.8 Å². The molecule has 0 amide bonds. The maximum absolute atomic E-state index is 11.1. The quantitative estimate of drug-likeness (QED) is 0.465. The lowest BCUT2D eigenvalue weighted by Gasteiger charge is -2.11. The fourth-order valence-corrected chi connectivity index (χ4v) is 2.22. The molecule has 0 aromatic heterocycles. The fraction of sp³-hybridized carbons (Fsp3) is 0.100. The number of para-hydroxylation sites is 1. The van der Waals surface area contributed by atoms with E-state index in [0.717, 1.165) is 28.1 Å². The molecule has 122 valence electrons. The van der Waals surface area contributed by atoms with E-state index < -0.39 is 0 Å². The Labute approximate surface area is 142 Å². The average molecular weight is 320 g/mol. The van der Waals surface area contributed by atoms with Gasteiger partial charge in [-0.1, -0.05) is 49.1 Å². The van der Waals surface area contributed by atoms with E-state index in [2.05, 4.69) is 28.3 Å². The van der Waals surface area contributed by atoms with Crippen LogP contribution in [0.5, 0.6) is 0 Å². The van der Waals surface area contributed by atoms with Crippen LogP contribution in [0.1, 0.15) is 16.7 Å². The first-order chi connectivity index (χ1) is 11.7. The second-order valence-electron chi connectivity index (χ2n) is 5.06. The number of nitrogens with one attached hydrogen (secondary N) is 1. The molecule has 2 rings (SSSR count). The van der Waals surface area contributed by atoms with Gasteiger partial charge in [-0.15, -0.1) is 0 Å². The summed E-state index contributed by atoms with van der Waals surface area (Å²) < 4.78 is 4.57. The Kier molecular flexibility index (Phi) is 6.08. The molecule has 0 aliphatic carbocycles. The van der Waals surface area contributed by atoms with Crippen LogP contribution in [-0.2, 0) is 16.1 Å². The Morgan fingerprint density at radius 1 is 1.25 bits per heavy atom. The molecule has 0 radical (unpaired) electrons. The molecule has 0 saturated carbocycles. The van der Waals surface area contributed by atoms with E-state index in [1.54, 1.807) is 12.2 Å². The smallest absolute Gasteiger partial charge is 0.330 e. The normalized spacial score (nSPS) is 10.4. The number of ether oxygens (including phenoxy) is 1. The molecule has 0 aliphatic rings. The lowest BCUT2D eigenvalue weighted by atomic mass is 10.1. The van der Waals surface area contributed by atoms with Crippen LogP contribution in [0.3, 0.4) is 0 Å². The van der Waals surface area contributed by atoms with Gasteiger partial charge in [-0.2, -0.15) is 0 Å². The number of aliphatic imine (C=N–C) groups is 1. The van der Waals surface area contributed by atoms with Gasteiger partial charge >= 0.3 is 5.97 Å². The monoisotopic (exact) mass is 320 g/mol. The second kappa shape index (κ2) is 8.48. The van der Waals surface area contributed by atoms with Crippen molar-refractivity contribution in [3.63, 3.8) is 0 Å². The molecule has 4 heteroatoms. The average Bonchev–Trinajstić information content (AvgIpc) is 2.64. The first-order valence-corrected chi connectivity index (χ1v) is 7.49. The fourth-order valence-electron chi connectivity index (χ4n) is 2.22. The summed E-state index contributed by atoms with van der Waals surface area (Å²) in [5.74, 6) is -0.368. The third kappa shape index (κ3) is 4.43. The third-order valence-electron chi connectivity index (χ3n) is 3.52. The van der Waals surface area contributed by atoms with Gasteiger partial charge in [0, 0.05) is 18.2 Å². The molecule has 4 nitrogen and oxygen atoms in total. The predicted molar refractivity (Wildman–Crippen MR) is 101 cm³/mol. The number of rotatable bonds is 7. The topological polar surface area (TPSA) is 50.7 Å². The Morgan fingerprint density at radius 3 is 2.62 bits per heavy atom. The van der Waals surface area contributed by atoms with E-state index in [0.29, 0.717) is 6.54 Å². The van der Waals surface area contributed by atoms with Gasteiger partial charge in [-0.3, -0.25) is 4.99 Å². The van der Waals surface area contributed by atoms with Crippen LogP contribution < -0.4 is 5.32 Å². The van der Waals surface area contributed by atoms with Crippen LogP contribution >= 0.6 is 0 Å². The number of methoxy groups -OCH3 is 1. The van der Waals surface area contributed by atoms with E-state index >= 15 is 0 Å². The zero-order valence-corrected chi connectivity index (χ0v) is 13.7. The summed E-state index contributed by atoms with van der Waals surface area (Å²) >= 11 is 0. The van der Waals surface area contributed by atoms with E-state index in [1.807, 2.05) is 42.5 Å². The number of hydrogen-bond donors (Lipinski definition) is 1. The highest BCUT2D eigenvalue weighted by Gasteiger charge is 2.04. The van der Waals surface area contributed by atoms with E-state index in [9.17, 15) is 4.79 Å². The number of anilines is 1. The van der Waals surface area contributed by atoms with Crippen LogP contribution in [0.4, 0.5) is 11.4 Å². The maximum Gasteiger partial charge on any atom is 0.330 e. The molecular formula is C20H20N2O2. The Bertz CT molecular complexity index is 762. The number of benzene rings is 2. The molecule has 0 fully saturated rings. The summed E-state index contributed by atoms with van der Waals surface area (Å²) in [4.78, 5) is 15.2. The molecule has 24 heavy (non-hydrogen) atoms. The van der Waals surface area contributed by atoms with Crippen molar-refractivity contribution in [2.75, 3.05) is 12.4 Å². The molecule has 0 unspecified atom stereocenters. The van der Waals surface area contributed by atoms with Crippen molar-refractivity contribution in [2.45, 2.75) is 6.54 Å². The number of esters is 1. The van der Waals surface area contributed by atoms with Crippen LogP contribution in [0.2, 0.25) is 0 Å². The SMILES string of the molecule is C=Cc1cccc(NCc2ccc(/C=C/C(=O)OC)cc2)c1N=C. The largest absolute Gasteiger partial charge is 0.466 e. The second-order valence-corrected chi connectivity index (χ2v) is 5.06. The summed E-state index contributed by atoms with van der Waals surface area (Å²) in [6, 6.07) is 13.8. The van der Waals surface area contributed by atoms with Gasteiger partial charge in [-0.05, 0) is 30.0 Å². The lowest BCUT2D eigenvalue weighted by Crippen LogP contribution is -2.00. The van der Waals surface area contributed by atoms with E-state index in [1.165, 1.54) is 13.2 Å². The molecule has 0 bridgehead atoms.